The fraction of sp³-hybridized carbons (Fsp3) is 0.500. The highest BCUT2D eigenvalue weighted by Gasteiger charge is 1.96. The molecule has 0 rings (SSSR count). The van der Waals surface area contributed by atoms with Gasteiger partial charge in [-0.2, -0.15) is 8.78 Å². The van der Waals surface area contributed by atoms with Crippen molar-refractivity contribution in [1.82, 2.24) is 0 Å². The van der Waals surface area contributed by atoms with Crippen LogP contribution in [0.3, 0.4) is 0 Å². The van der Waals surface area contributed by atoms with Gasteiger partial charge in [0.1, 0.15) is 0 Å². The summed E-state index contributed by atoms with van der Waals surface area (Å²) in [4.78, 5) is 0. The van der Waals surface area contributed by atoms with Gasteiger partial charge in [-0.05, 0) is 0 Å². The fourth-order valence-corrected chi connectivity index (χ4v) is 0.215. The first-order valence-corrected chi connectivity index (χ1v) is 2.06. The van der Waals surface area contributed by atoms with E-state index in [4.69, 9.17) is 10.8 Å². The average Bonchev–Trinajstić information content (AvgIpc) is 1.65. The zero-order chi connectivity index (χ0) is 6.57. The minimum atomic E-state index is -1.86. The Hall–Kier alpha value is -0.480. The molecule has 0 saturated carbocycles. The predicted molar refractivity (Wildman–Crippen MR) is 25.4 cm³/mol. The number of hydrogen-bond donors (Lipinski definition) is 2. The molecule has 48 valence electrons. The van der Waals surface area contributed by atoms with E-state index in [9.17, 15) is 8.78 Å². The van der Waals surface area contributed by atoms with Gasteiger partial charge in [-0.25, -0.2) is 0 Å². The molecule has 0 aromatic rings. The Morgan fingerprint density at radius 2 is 2.25 bits per heavy atom. The number of halogens is 2. The highest BCUT2D eigenvalue weighted by molar-refractivity contribution is 4.90. The normalized spacial score (nSPS) is 13.0. The predicted octanol–water partition coefficient (Wildman–Crippen LogP) is 0.0864. The number of aliphatic hydroxyl groups excluding tert-OH is 1. The van der Waals surface area contributed by atoms with Crippen LogP contribution in [-0.4, -0.2) is 17.8 Å². The van der Waals surface area contributed by atoms with Gasteiger partial charge >= 0.3 is 0 Å². The Kier molecular flexibility index (Phi) is 3.30. The molecule has 0 spiro atoms. The smallest absolute Gasteiger partial charge is 0.267 e. The highest BCUT2D eigenvalue weighted by atomic mass is 19.3. The first-order chi connectivity index (χ1) is 3.66. The molecule has 1 atom stereocenters. The van der Waals surface area contributed by atoms with Gasteiger partial charge in [0.2, 0.25) is 0 Å². The van der Waals surface area contributed by atoms with Crippen molar-refractivity contribution in [2.24, 2.45) is 5.73 Å². The first kappa shape index (κ1) is 7.52. The van der Waals surface area contributed by atoms with E-state index in [-0.39, 0.29) is 0 Å². The molecule has 0 aliphatic heterocycles. The van der Waals surface area contributed by atoms with Crippen LogP contribution in [0.15, 0.2) is 12.2 Å². The summed E-state index contributed by atoms with van der Waals surface area (Å²) < 4.78 is 22.3. The lowest BCUT2D eigenvalue weighted by Crippen LogP contribution is -2.21. The molecule has 0 bridgehead atoms. The number of hydrogen-bond acceptors (Lipinski definition) is 2. The van der Waals surface area contributed by atoms with E-state index in [2.05, 4.69) is 0 Å². The Morgan fingerprint density at radius 1 is 1.75 bits per heavy atom. The summed E-state index contributed by atoms with van der Waals surface area (Å²) in [6, 6.07) is -0.931. The Labute approximate surface area is 45.6 Å². The lowest BCUT2D eigenvalue weighted by molar-refractivity contribution is 0.279. The van der Waals surface area contributed by atoms with Gasteiger partial charge in [-0.1, -0.05) is 0 Å². The summed E-state index contributed by atoms with van der Waals surface area (Å²) in [6.07, 6.45) is -1.36. The van der Waals surface area contributed by atoms with Crippen LogP contribution in [0.5, 0.6) is 0 Å². The maximum atomic E-state index is 11.1. The van der Waals surface area contributed by atoms with E-state index in [1.54, 1.807) is 0 Å². The summed E-state index contributed by atoms with van der Waals surface area (Å²) in [5, 5.41) is 8.08. The van der Waals surface area contributed by atoms with Crippen LogP contribution in [0, 0.1) is 0 Å². The Bertz CT molecular complexity index is 90.0. The SMILES string of the molecule is N[C@@H](C=C(F)F)CO. The van der Waals surface area contributed by atoms with E-state index < -0.39 is 18.7 Å². The molecular formula is C4H7F2NO. The molecule has 0 heterocycles. The second-order valence-electron chi connectivity index (χ2n) is 1.30. The van der Waals surface area contributed by atoms with E-state index in [1.807, 2.05) is 0 Å². The Balaban J connectivity index is 3.51. The minimum Gasteiger partial charge on any atom is -0.394 e. The molecular weight excluding hydrogens is 116 g/mol. The third kappa shape index (κ3) is 3.70. The van der Waals surface area contributed by atoms with E-state index in [0.29, 0.717) is 6.08 Å². The molecule has 0 fully saturated rings. The number of aliphatic hydroxyl groups is 1. The summed E-state index contributed by atoms with van der Waals surface area (Å²) >= 11 is 0. The third-order valence-corrected chi connectivity index (χ3v) is 0.551. The van der Waals surface area contributed by atoms with Gasteiger partial charge in [0.05, 0.1) is 12.6 Å². The molecule has 0 aromatic heterocycles. The molecule has 0 amide bonds. The molecule has 0 aliphatic rings. The largest absolute Gasteiger partial charge is 0.394 e. The van der Waals surface area contributed by atoms with Crippen molar-refractivity contribution >= 4 is 0 Å². The monoisotopic (exact) mass is 123 g/mol. The summed E-state index contributed by atoms with van der Waals surface area (Å²) in [5.74, 6) is 0. The fourth-order valence-electron chi connectivity index (χ4n) is 0.215. The van der Waals surface area contributed by atoms with Crippen molar-refractivity contribution in [1.29, 1.82) is 0 Å². The van der Waals surface area contributed by atoms with Gasteiger partial charge in [-0.3, -0.25) is 0 Å². The van der Waals surface area contributed by atoms with Gasteiger partial charge in [0.25, 0.3) is 6.08 Å². The maximum absolute atomic E-state index is 11.1. The van der Waals surface area contributed by atoms with Gasteiger partial charge in [0.15, 0.2) is 0 Å². The molecule has 0 radical (unpaired) electrons. The lowest BCUT2D eigenvalue weighted by Gasteiger charge is -1.95. The molecule has 0 saturated heterocycles. The Morgan fingerprint density at radius 3 is 2.38 bits per heavy atom. The van der Waals surface area contributed by atoms with Crippen molar-refractivity contribution in [3.05, 3.63) is 12.2 Å². The minimum absolute atomic E-state index is 0.447. The van der Waals surface area contributed by atoms with Crippen LogP contribution in [0.1, 0.15) is 0 Å². The highest BCUT2D eigenvalue weighted by Crippen LogP contribution is 1.96. The molecule has 3 N–H and O–H groups in total. The van der Waals surface area contributed by atoms with Gasteiger partial charge in [-0.15, -0.1) is 0 Å². The van der Waals surface area contributed by atoms with Crippen LogP contribution in [-0.2, 0) is 0 Å². The topological polar surface area (TPSA) is 46.2 Å². The molecule has 2 nitrogen and oxygen atoms in total. The summed E-state index contributed by atoms with van der Waals surface area (Å²) in [5.41, 5.74) is 4.87. The van der Waals surface area contributed by atoms with E-state index in [0.717, 1.165) is 0 Å². The molecule has 4 heteroatoms. The molecule has 0 unspecified atom stereocenters. The average molecular weight is 123 g/mol. The van der Waals surface area contributed by atoms with Crippen LogP contribution in [0.25, 0.3) is 0 Å². The zero-order valence-corrected chi connectivity index (χ0v) is 4.14. The van der Waals surface area contributed by atoms with Crippen LogP contribution < -0.4 is 5.73 Å². The second kappa shape index (κ2) is 3.51. The summed E-state index contributed by atoms with van der Waals surface area (Å²) in [6.45, 7) is -0.447. The number of nitrogens with two attached hydrogens (primary N) is 1. The quantitative estimate of drug-likeness (QED) is 0.546. The van der Waals surface area contributed by atoms with E-state index in [1.165, 1.54) is 0 Å². The molecule has 0 aromatic carbocycles. The second-order valence-corrected chi connectivity index (χ2v) is 1.30. The van der Waals surface area contributed by atoms with Crippen molar-refractivity contribution in [3.63, 3.8) is 0 Å². The lowest BCUT2D eigenvalue weighted by atomic mass is 10.3. The van der Waals surface area contributed by atoms with Crippen LogP contribution in [0.4, 0.5) is 8.78 Å². The summed E-state index contributed by atoms with van der Waals surface area (Å²) in [7, 11) is 0. The number of rotatable bonds is 2. The molecule has 8 heavy (non-hydrogen) atoms. The first-order valence-electron chi connectivity index (χ1n) is 2.06. The van der Waals surface area contributed by atoms with E-state index >= 15 is 0 Å². The van der Waals surface area contributed by atoms with Crippen LogP contribution in [0.2, 0.25) is 0 Å². The van der Waals surface area contributed by atoms with Crippen molar-refractivity contribution in [2.45, 2.75) is 6.04 Å². The van der Waals surface area contributed by atoms with Crippen LogP contribution >= 0.6 is 0 Å². The van der Waals surface area contributed by atoms with Crippen molar-refractivity contribution in [3.8, 4) is 0 Å². The molecule has 0 aliphatic carbocycles. The van der Waals surface area contributed by atoms with Gasteiger partial charge in [0, 0.05) is 6.08 Å². The zero-order valence-electron chi connectivity index (χ0n) is 4.14. The van der Waals surface area contributed by atoms with Crippen molar-refractivity contribution < 1.29 is 13.9 Å². The maximum Gasteiger partial charge on any atom is 0.267 e. The van der Waals surface area contributed by atoms with Crippen molar-refractivity contribution in [2.75, 3.05) is 6.61 Å². The standard InChI is InChI=1S/C4H7F2NO/c5-4(6)1-3(7)2-8/h1,3,8H,2,7H2/t3-/m0/s1. The van der Waals surface area contributed by atoms with Gasteiger partial charge < -0.3 is 10.8 Å². The third-order valence-electron chi connectivity index (χ3n) is 0.551.